The van der Waals surface area contributed by atoms with E-state index in [0.717, 1.165) is 11.3 Å². The summed E-state index contributed by atoms with van der Waals surface area (Å²) in [6, 6.07) is 9.57. The molecule has 2 heterocycles. The fourth-order valence-electron chi connectivity index (χ4n) is 2.03. The van der Waals surface area contributed by atoms with Crippen molar-refractivity contribution in [3.63, 3.8) is 0 Å². The van der Waals surface area contributed by atoms with Gasteiger partial charge in [0.1, 0.15) is 5.75 Å². The molecule has 3 aromatic rings. The number of alkyl halides is 3. The van der Waals surface area contributed by atoms with Gasteiger partial charge < -0.3 is 10.1 Å². The highest BCUT2D eigenvalue weighted by Gasteiger charge is 2.31. The Morgan fingerprint density at radius 2 is 2.04 bits per heavy atom. The van der Waals surface area contributed by atoms with E-state index in [1.807, 2.05) is 17.5 Å². The van der Waals surface area contributed by atoms with Crippen LogP contribution in [0.5, 0.6) is 5.75 Å². The fourth-order valence-corrected chi connectivity index (χ4v) is 2.75. The number of nitrogens with zero attached hydrogens (tertiary/aromatic N) is 2. The van der Waals surface area contributed by atoms with Crippen LogP contribution >= 0.6 is 11.3 Å². The van der Waals surface area contributed by atoms with E-state index in [4.69, 9.17) is 0 Å². The molecular weight excluding hydrogens is 339 g/mol. The van der Waals surface area contributed by atoms with Crippen LogP contribution in [-0.2, 0) is 6.54 Å². The lowest BCUT2D eigenvalue weighted by Crippen LogP contribution is -2.17. The van der Waals surface area contributed by atoms with Crippen molar-refractivity contribution in [2.75, 3.05) is 5.32 Å². The summed E-state index contributed by atoms with van der Waals surface area (Å²) in [5.74, 6) is -0.239. The largest absolute Gasteiger partial charge is 0.573 e. The molecule has 0 bridgehead atoms. The number of benzene rings is 1. The third kappa shape index (κ3) is 4.45. The molecule has 0 radical (unpaired) electrons. The predicted molar refractivity (Wildman–Crippen MR) is 85.8 cm³/mol. The summed E-state index contributed by atoms with van der Waals surface area (Å²) in [6.45, 7) is 0.342. The molecule has 0 unspecified atom stereocenters. The SMILES string of the molecule is FC(F)(F)Oc1cccc(CNc2nc(-c3cccnc3)cs2)c1. The first-order valence-electron chi connectivity index (χ1n) is 6.94. The lowest BCUT2D eigenvalue weighted by molar-refractivity contribution is -0.274. The second-order valence-corrected chi connectivity index (χ2v) is 5.69. The van der Waals surface area contributed by atoms with E-state index in [1.165, 1.54) is 29.5 Å². The van der Waals surface area contributed by atoms with Gasteiger partial charge in [-0.15, -0.1) is 24.5 Å². The molecule has 0 fully saturated rings. The van der Waals surface area contributed by atoms with Crippen LogP contribution < -0.4 is 10.1 Å². The maximum atomic E-state index is 12.2. The van der Waals surface area contributed by atoms with Gasteiger partial charge >= 0.3 is 6.36 Å². The monoisotopic (exact) mass is 351 g/mol. The number of anilines is 1. The van der Waals surface area contributed by atoms with Gasteiger partial charge in [-0.3, -0.25) is 4.98 Å². The van der Waals surface area contributed by atoms with Gasteiger partial charge in [-0.1, -0.05) is 12.1 Å². The second kappa shape index (κ2) is 6.88. The number of hydrogen-bond donors (Lipinski definition) is 1. The van der Waals surface area contributed by atoms with E-state index in [-0.39, 0.29) is 5.75 Å². The van der Waals surface area contributed by atoms with Crippen LogP contribution in [0.25, 0.3) is 11.3 Å². The molecule has 2 aromatic heterocycles. The number of ether oxygens (including phenoxy) is 1. The maximum Gasteiger partial charge on any atom is 0.573 e. The molecule has 124 valence electrons. The normalized spacial score (nSPS) is 11.3. The smallest absolute Gasteiger partial charge is 0.406 e. The highest BCUT2D eigenvalue weighted by molar-refractivity contribution is 7.14. The number of nitrogens with one attached hydrogen (secondary N) is 1. The first-order valence-corrected chi connectivity index (χ1v) is 7.82. The van der Waals surface area contributed by atoms with Crippen molar-refractivity contribution >= 4 is 16.5 Å². The number of rotatable bonds is 5. The van der Waals surface area contributed by atoms with Crippen LogP contribution in [0.1, 0.15) is 5.56 Å². The highest BCUT2D eigenvalue weighted by atomic mass is 32.1. The summed E-state index contributed by atoms with van der Waals surface area (Å²) in [7, 11) is 0. The Morgan fingerprint density at radius 1 is 1.17 bits per heavy atom. The molecule has 0 spiro atoms. The van der Waals surface area contributed by atoms with Crippen LogP contribution in [-0.4, -0.2) is 16.3 Å². The summed E-state index contributed by atoms with van der Waals surface area (Å²) in [4.78, 5) is 8.47. The molecule has 0 amide bonds. The molecule has 0 saturated heterocycles. The van der Waals surface area contributed by atoms with Gasteiger partial charge in [-0.2, -0.15) is 0 Å². The zero-order valence-corrected chi connectivity index (χ0v) is 13.1. The van der Waals surface area contributed by atoms with Gasteiger partial charge in [0.2, 0.25) is 0 Å². The van der Waals surface area contributed by atoms with Crippen molar-refractivity contribution in [1.82, 2.24) is 9.97 Å². The van der Waals surface area contributed by atoms with Gasteiger partial charge in [0.05, 0.1) is 5.69 Å². The molecule has 4 nitrogen and oxygen atoms in total. The quantitative estimate of drug-likeness (QED) is 0.723. The third-order valence-corrected chi connectivity index (χ3v) is 3.84. The Morgan fingerprint density at radius 3 is 2.79 bits per heavy atom. The molecule has 0 aliphatic carbocycles. The molecule has 0 aliphatic rings. The van der Waals surface area contributed by atoms with E-state index >= 15 is 0 Å². The van der Waals surface area contributed by atoms with Crippen LogP contribution in [0.15, 0.2) is 54.2 Å². The molecular formula is C16H12F3N3OS. The Labute approximate surface area is 140 Å². The van der Waals surface area contributed by atoms with E-state index in [9.17, 15) is 13.2 Å². The van der Waals surface area contributed by atoms with Crippen molar-refractivity contribution in [2.24, 2.45) is 0 Å². The summed E-state index contributed by atoms with van der Waals surface area (Å²) in [6.07, 6.45) is -1.29. The average molecular weight is 351 g/mol. The van der Waals surface area contributed by atoms with Crippen LogP contribution in [0, 0.1) is 0 Å². The van der Waals surface area contributed by atoms with Crippen molar-refractivity contribution in [1.29, 1.82) is 0 Å². The second-order valence-electron chi connectivity index (χ2n) is 4.83. The molecule has 8 heteroatoms. The van der Waals surface area contributed by atoms with Gasteiger partial charge in [-0.25, -0.2) is 4.98 Å². The van der Waals surface area contributed by atoms with Crippen LogP contribution in [0.2, 0.25) is 0 Å². The lowest BCUT2D eigenvalue weighted by Gasteiger charge is -2.10. The lowest BCUT2D eigenvalue weighted by atomic mass is 10.2. The van der Waals surface area contributed by atoms with E-state index in [2.05, 4.69) is 20.0 Å². The van der Waals surface area contributed by atoms with E-state index < -0.39 is 6.36 Å². The van der Waals surface area contributed by atoms with Gasteiger partial charge in [-0.05, 0) is 29.8 Å². The van der Waals surface area contributed by atoms with Gasteiger partial charge in [0.15, 0.2) is 5.13 Å². The summed E-state index contributed by atoms with van der Waals surface area (Å²) in [5, 5.41) is 5.66. The molecule has 0 atom stereocenters. The fraction of sp³-hybridized carbons (Fsp3) is 0.125. The van der Waals surface area contributed by atoms with Crippen LogP contribution in [0.3, 0.4) is 0 Å². The zero-order chi connectivity index (χ0) is 17.0. The maximum absolute atomic E-state index is 12.2. The number of halogens is 3. The Kier molecular flexibility index (Phi) is 4.66. The van der Waals surface area contributed by atoms with Crippen molar-refractivity contribution in [3.8, 4) is 17.0 Å². The molecule has 0 saturated carbocycles. The van der Waals surface area contributed by atoms with Crippen molar-refractivity contribution < 1.29 is 17.9 Å². The minimum Gasteiger partial charge on any atom is -0.406 e. The van der Waals surface area contributed by atoms with Gasteiger partial charge in [0, 0.05) is 29.9 Å². The predicted octanol–water partition coefficient (Wildman–Crippen LogP) is 4.72. The minimum atomic E-state index is -4.69. The molecule has 1 aromatic carbocycles. The van der Waals surface area contributed by atoms with Gasteiger partial charge in [0.25, 0.3) is 0 Å². The Balaban J connectivity index is 1.64. The first kappa shape index (κ1) is 16.3. The Hall–Kier alpha value is -2.61. The summed E-state index contributed by atoms with van der Waals surface area (Å²) >= 11 is 1.42. The minimum absolute atomic E-state index is 0.239. The van der Waals surface area contributed by atoms with E-state index in [0.29, 0.717) is 17.2 Å². The van der Waals surface area contributed by atoms with Crippen molar-refractivity contribution in [3.05, 3.63) is 59.7 Å². The summed E-state index contributed by atoms with van der Waals surface area (Å²) < 4.78 is 40.6. The highest BCUT2D eigenvalue weighted by Crippen LogP contribution is 2.26. The topological polar surface area (TPSA) is 47.0 Å². The third-order valence-electron chi connectivity index (χ3n) is 3.04. The molecule has 1 N–H and O–H groups in total. The van der Waals surface area contributed by atoms with Crippen LogP contribution in [0.4, 0.5) is 18.3 Å². The van der Waals surface area contributed by atoms with Crippen molar-refractivity contribution in [2.45, 2.75) is 12.9 Å². The zero-order valence-electron chi connectivity index (χ0n) is 12.2. The molecule has 3 rings (SSSR count). The number of hydrogen-bond acceptors (Lipinski definition) is 5. The standard InChI is InChI=1S/C16H12F3N3OS/c17-16(18,19)23-13-5-1-3-11(7-13)8-21-15-22-14(10-24-15)12-4-2-6-20-9-12/h1-7,9-10H,8H2,(H,21,22). The number of pyridine rings is 1. The first-order chi connectivity index (χ1) is 11.5. The number of aromatic nitrogens is 2. The molecule has 0 aliphatic heterocycles. The summed E-state index contributed by atoms with van der Waals surface area (Å²) in [5.41, 5.74) is 2.36. The molecule has 24 heavy (non-hydrogen) atoms. The number of thiazole rings is 1. The van der Waals surface area contributed by atoms with E-state index in [1.54, 1.807) is 18.5 Å². The Bertz CT molecular complexity index is 806. The average Bonchev–Trinajstić information content (AvgIpc) is 3.01.